The highest BCUT2D eigenvalue weighted by Crippen LogP contribution is 2.19. The number of aliphatic carboxylic acids is 1. The van der Waals surface area contributed by atoms with E-state index in [2.05, 4.69) is 5.32 Å². The Morgan fingerprint density at radius 1 is 1.33 bits per heavy atom. The van der Waals surface area contributed by atoms with E-state index in [-0.39, 0.29) is 30.5 Å². The van der Waals surface area contributed by atoms with Crippen LogP contribution in [-0.2, 0) is 9.59 Å². The number of carboxylic acid groups (broad SMARTS) is 1. The van der Waals surface area contributed by atoms with Crippen LogP contribution in [0.2, 0.25) is 0 Å². The molecule has 0 heterocycles. The van der Waals surface area contributed by atoms with Crippen LogP contribution < -0.4 is 5.32 Å². The van der Waals surface area contributed by atoms with Gasteiger partial charge in [-0.2, -0.15) is 0 Å². The molecule has 2 unspecified atom stereocenters. The maximum atomic E-state index is 12.8. The lowest BCUT2D eigenvalue weighted by atomic mass is 9.97. The summed E-state index contributed by atoms with van der Waals surface area (Å²) in [6, 6.07) is 5.02. The van der Waals surface area contributed by atoms with Crippen molar-refractivity contribution < 1.29 is 19.1 Å². The Hall–Kier alpha value is -2.17. The Bertz CT molecular complexity index is 511. The molecule has 1 aromatic carbocycles. The number of amides is 1. The van der Waals surface area contributed by atoms with Crippen LogP contribution in [0.25, 0.3) is 0 Å². The zero-order valence-electron chi connectivity index (χ0n) is 12.2. The molecule has 1 rings (SSSR count). The molecule has 2 N–H and O–H groups in total. The topological polar surface area (TPSA) is 66.4 Å². The van der Waals surface area contributed by atoms with Crippen LogP contribution in [0.15, 0.2) is 36.4 Å². The van der Waals surface area contributed by atoms with Gasteiger partial charge in [-0.05, 0) is 37.0 Å². The Balaban J connectivity index is 2.58. The van der Waals surface area contributed by atoms with Gasteiger partial charge in [-0.3, -0.25) is 4.79 Å². The molecule has 0 saturated carbocycles. The largest absolute Gasteiger partial charge is 0.480 e. The molecule has 0 fully saturated rings. The minimum atomic E-state index is -1.06. The molecular weight excluding hydrogens is 273 g/mol. The predicted molar refractivity (Wildman–Crippen MR) is 78.4 cm³/mol. The summed E-state index contributed by atoms with van der Waals surface area (Å²) in [5, 5.41) is 11.5. The van der Waals surface area contributed by atoms with E-state index in [0.717, 1.165) is 5.56 Å². The molecule has 0 aliphatic rings. The first kappa shape index (κ1) is 16.9. The van der Waals surface area contributed by atoms with Crippen LogP contribution in [0.3, 0.4) is 0 Å². The molecule has 0 bridgehead atoms. The van der Waals surface area contributed by atoms with Gasteiger partial charge >= 0.3 is 5.97 Å². The van der Waals surface area contributed by atoms with Crippen molar-refractivity contribution in [2.24, 2.45) is 0 Å². The van der Waals surface area contributed by atoms with E-state index >= 15 is 0 Å². The number of halogens is 1. The number of carbonyl (C=O) groups is 2. The van der Waals surface area contributed by atoms with Crippen molar-refractivity contribution in [3.05, 3.63) is 47.8 Å². The van der Waals surface area contributed by atoms with Gasteiger partial charge in [0, 0.05) is 6.42 Å². The first-order valence-corrected chi connectivity index (χ1v) is 6.82. The molecule has 1 aromatic rings. The molecule has 4 nitrogen and oxygen atoms in total. The van der Waals surface area contributed by atoms with Crippen molar-refractivity contribution in [3.8, 4) is 0 Å². The molecule has 0 aliphatic heterocycles. The van der Waals surface area contributed by atoms with Crippen molar-refractivity contribution in [1.29, 1.82) is 0 Å². The molecular formula is C16H20FNO3. The highest BCUT2D eigenvalue weighted by molar-refractivity contribution is 5.84. The number of nitrogens with one attached hydrogen (secondary N) is 1. The number of allylic oxidation sites excluding steroid dienone is 1. The van der Waals surface area contributed by atoms with E-state index in [0.29, 0.717) is 0 Å². The number of benzene rings is 1. The first-order valence-electron chi connectivity index (χ1n) is 6.82. The van der Waals surface area contributed by atoms with Gasteiger partial charge in [-0.1, -0.05) is 31.2 Å². The van der Waals surface area contributed by atoms with Gasteiger partial charge < -0.3 is 10.4 Å². The minimum Gasteiger partial charge on any atom is -0.480 e. The third-order valence-electron chi connectivity index (χ3n) is 3.17. The van der Waals surface area contributed by atoms with Crippen LogP contribution in [0, 0.1) is 5.82 Å². The number of hydrogen-bond donors (Lipinski definition) is 2. The summed E-state index contributed by atoms with van der Waals surface area (Å²) in [4.78, 5) is 22.9. The van der Waals surface area contributed by atoms with E-state index in [1.807, 2.05) is 6.92 Å². The molecule has 114 valence electrons. The first-order chi connectivity index (χ1) is 9.93. The van der Waals surface area contributed by atoms with Gasteiger partial charge in [-0.15, -0.1) is 0 Å². The monoisotopic (exact) mass is 293 g/mol. The van der Waals surface area contributed by atoms with Gasteiger partial charge in [0.15, 0.2) is 0 Å². The zero-order chi connectivity index (χ0) is 15.8. The Labute approximate surface area is 123 Å². The summed E-state index contributed by atoms with van der Waals surface area (Å²) in [6.45, 7) is 3.63. The third kappa shape index (κ3) is 5.77. The average Bonchev–Trinajstić information content (AvgIpc) is 2.43. The number of hydrogen-bond acceptors (Lipinski definition) is 2. The fourth-order valence-corrected chi connectivity index (χ4v) is 1.93. The third-order valence-corrected chi connectivity index (χ3v) is 3.17. The molecule has 0 radical (unpaired) electrons. The number of rotatable bonds is 7. The second kappa shape index (κ2) is 8.19. The van der Waals surface area contributed by atoms with E-state index in [4.69, 9.17) is 5.11 Å². The lowest BCUT2D eigenvalue weighted by Gasteiger charge is -2.15. The molecule has 2 atom stereocenters. The fraction of sp³-hybridized carbons (Fsp3) is 0.375. The predicted octanol–water partition coefficient (Wildman–Crippen LogP) is 2.85. The van der Waals surface area contributed by atoms with Crippen molar-refractivity contribution in [2.75, 3.05) is 0 Å². The van der Waals surface area contributed by atoms with Crippen molar-refractivity contribution >= 4 is 11.9 Å². The van der Waals surface area contributed by atoms with Crippen molar-refractivity contribution in [2.45, 2.75) is 38.6 Å². The summed E-state index contributed by atoms with van der Waals surface area (Å²) in [5.41, 5.74) is 0.840. The van der Waals surface area contributed by atoms with Gasteiger partial charge in [-0.25, -0.2) is 9.18 Å². The Morgan fingerprint density at radius 3 is 2.48 bits per heavy atom. The van der Waals surface area contributed by atoms with Gasteiger partial charge in [0.1, 0.15) is 11.9 Å². The van der Waals surface area contributed by atoms with Crippen LogP contribution in [-0.4, -0.2) is 23.0 Å². The lowest BCUT2D eigenvalue weighted by molar-refractivity contribution is -0.141. The van der Waals surface area contributed by atoms with Gasteiger partial charge in [0.2, 0.25) is 5.91 Å². The molecule has 1 amide bonds. The second-order valence-corrected chi connectivity index (χ2v) is 4.92. The Kier molecular flexibility index (Phi) is 6.59. The normalized spacial score (nSPS) is 13.9. The van der Waals surface area contributed by atoms with E-state index in [9.17, 15) is 14.0 Å². The van der Waals surface area contributed by atoms with Gasteiger partial charge in [0.05, 0.1) is 0 Å². The maximum Gasteiger partial charge on any atom is 0.326 e. The summed E-state index contributed by atoms with van der Waals surface area (Å²) in [5.74, 6) is -1.82. The number of carboxylic acids is 1. The SMILES string of the molecule is C/C=C/CC(NC(=O)CC(C)c1ccc(F)cc1)C(=O)O. The summed E-state index contributed by atoms with van der Waals surface area (Å²) in [6.07, 6.45) is 3.85. The highest BCUT2D eigenvalue weighted by Gasteiger charge is 2.20. The van der Waals surface area contributed by atoms with Crippen LogP contribution in [0.4, 0.5) is 4.39 Å². The van der Waals surface area contributed by atoms with Crippen molar-refractivity contribution in [1.82, 2.24) is 5.32 Å². The van der Waals surface area contributed by atoms with E-state index < -0.39 is 12.0 Å². The molecule has 0 spiro atoms. The smallest absolute Gasteiger partial charge is 0.326 e. The average molecular weight is 293 g/mol. The van der Waals surface area contributed by atoms with E-state index in [1.165, 1.54) is 12.1 Å². The van der Waals surface area contributed by atoms with Crippen LogP contribution >= 0.6 is 0 Å². The summed E-state index contributed by atoms with van der Waals surface area (Å²) < 4.78 is 12.8. The standard InChI is InChI=1S/C16H20FNO3/c1-3-4-5-14(16(20)21)18-15(19)10-11(2)12-6-8-13(17)9-7-12/h3-4,6-9,11,14H,5,10H2,1-2H3,(H,18,19)(H,20,21)/b4-3+. The van der Waals surface area contributed by atoms with Crippen LogP contribution in [0.1, 0.15) is 38.2 Å². The molecule has 5 heteroatoms. The molecule has 0 aromatic heterocycles. The fourth-order valence-electron chi connectivity index (χ4n) is 1.93. The zero-order valence-corrected chi connectivity index (χ0v) is 12.2. The lowest BCUT2D eigenvalue weighted by Crippen LogP contribution is -2.40. The molecule has 0 aliphatic carbocycles. The van der Waals surface area contributed by atoms with Gasteiger partial charge in [0.25, 0.3) is 0 Å². The second-order valence-electron chi connectivity index (χ2n) is 4.92. The Morgan fingerprint density at radius 2 is 1.95 bits per heavy atom. The summed E-state index contributed by atoms with van der Waals surface area (Å²) >= 11 is 0. The maximum absolute atomic E-state index is 12.8. The van der Waals surface area contributed by atoms with E-state index in [1.54, 1.807) is 31.2 Å². The molecule has 0 saturated heterocycles. The quantitative estimate of drug-likeness (QED) is 0.760. The summed E-state index contributed by atoms with van der Waals surface area (Å²) in [7, 11) is 0. The minimum absolute atomic E-state index is 0.109. The number of carbonyl (C=O) groups excluding carboxylic acids is 1. The van der Waals surface area contributed by atoms with Crippen LogP contribution in [0.5, 0.6) is 0 Å². The molecule has 21 heavy (non-hydrogen) atoms. The van der Waals surface area contributed by atoms with Crippen molar-refractivity contribution in [3.63, 3.8) is 0 Å². The highest BCUT2D eigenvalue weighted by atomic mass is 19.1.